The number of aromatic nitrogens is 1. The van der Waals surface area contributed by atoms with Gasteiger partial charge in [-0.2, -0.15) is 0 Å². The summed E-state index contributed by atoms with van der Waals surface area (Å²) in [6.07, 6.45) is 5.63. The van der Waals surface area contributed by atoms with Crippen LogP contribution in [-0.4, -0.2) is 10.9 Å². The summed E-state index contributed by atoms with van der Waals surface area (Å²) in [6.45, 7) is 0. The van der Waals surface area contributed by atoms with Crippen molar-refractivity contribution in [1.29, 1.82) is 0 Å². The Hall–Kier alpha value is -0.610. The second-order valence-corrected chi connectivity index (χ2v) is 5.23. The van der Waals surface area contributed by atoms with Crippen molar-refractivity contribution in [2.75, 3.05) is 5.32 Å². The molecule has 0 saturated heterocycles. The number of nitrogens with zero attached hydrogens (tertiary/aromatic N) is 1. The number of carbonyl (C=O) groups excluding carboxylic acids is 1. The van der Waals surface area contributed by atoms with E-state index < -0.39 is 0 Å². The van der Waals surface area contributed by atoms with Crippen LogP contribution in [-0.2, 0) is 10.7 Å². The number of anilines is 1. The van der Waals surface area contributed by atoms with Crippen molar-refractivity contribution in [3.63, 3.8) is 0 Å². The van der Waals surface area contributed by atoms with E-state index in [1.807, 2.05) is 5.38 Å². The van der Waals surface area contributed by atoms with Crippen molar-refractivity contribution in [1.82, 2.24) is 4.98 Å². The van der Waals surface area contributed by atoms with Crippen molar-refractivity contribution >= 4 is 34.0 Å². The molecule has 0 bridgehead atoms. The average Bonchev–Trinajstić information content (AvgIpc) is 2.78. The highest BCUT2D eigenvalue weighted by atomic mass is 35.5. The van der Waals surface area contributed by atoms with E-state index in [1.54, 1.807) is 0 Å². The first kappa shape index (κ1) is 11.9. The fourth-order valence-corrected chi connectivity index (χ4v) is 2.94. The molecule has 2 rings (SSSR count). The maximum atomic E-state index is 11.9. The minimum absolute atomic E-state index is 0.121. The number of alkyl halides is 1. The summed E-state index contributed by atoms with van der Waals surface area (Å²) in [5.74, 6) is 0.697. The van der Waals surface area contributed by atoms with Gasteiger partial charge in [0, 0.05) is 11.3 Å². The van der Waals surface area contributed by atoms with Gasteiger partial charge in [-0.3, -0.25) is 4.79 Å². The molecule has 1 aromatic heterocycles. The highest BCUT2D eigenvalue weighted by Crippen LogP contribution is 2.25. The zero-order chi connectivity index (χ0) is 11.4. The fourth-order valence-electron chi connectivity index (χ4n) is 2.00. The molecular formula is C11H15ClN2OS. The van der Waals surface area contributed by atoms with E-state index >= 15 is 0 Å². The molecule has 0 spiro atoms. The van der Waals surface area contributed by atoms with Crippen LogP contribution < -0.4 is 5.32 Å². The second kappa shape index (κ2) is 5.64. The van der Waals surface area contributed by atoms with Gasteiger partial charge in [-0.1, -0.05) is 19.3 Å². The zero-order valence-corrected chi connectivity index (χ0v) is 10.6. The van der Waals surface area contributed by atoms with E-state index in [2.05, 4.69) is 10.3 Å². The number of hydrogen-bond donors (Lipinski definition) is 1. The Morgan fingerprint density at radius 1 is 1.50 bits per heavy atom. The van der Waals surface area contributed by atoms with Crippen LogP contribution in [0.15, 0.2) is 5.38 Å². The molecule has 3 nitrogen and oxygen atoms in total. The van der Waals surface area contributed by atoms with Gasteiger partial charge in [0.2, 0.25) is 5.91 Å². The maximum Gasteiger partial charge on any atom is 0.229 e. The predicted octanol–water partition coefficient (Wildman–Crippen LogP) is 3.40. The normalized spacial score (nSPS) is 17.3. The molecule has 1 saturated carbocycles. The summed E-state index contributed by atoms with van der Waals surface area (Å²) in [5.41, 5.74) is 0.825. The topological polar surface area (TPSA) is 42.0 Å². The van der Waals surface area contributed by atoms with E-state index in [0.717, 1.165) is 18.5 Å². The summed E-state index contributed by atoms with van der Waals surface area (Å²) < 4.78 is 0. The predicted molar refractivity (Wildman–Crippen MR) is 66.9 cm³/mol. The molecule has 5 heteroatoms. The first-order valence-corrected chi connectivity index (χ1v) is 7.02. The molecule has 1 aliphatic rings. The molecule has 0 aromatic carbocycles. The lowest BCUT2D eigenvalue weighted by atomic mass is 9.89. The third-order valence-electron chi connectivity index (χ3n) is 2.89. The van der Waals surface area contributed by atoms with Gasteiger partial charge in [0.25, 0.3) is 0 Å². The van der Waals surface area contributed by atoms with Crippen molar-refractivity contribution in [2.45, 2.75) is 38.0 Å². The average molecular weight is 259 g/mol. The van der Waals surface area contributed by atoms with Crippen LogP contribution in [0.1, 0.15) is 37.8 Å². The van der Waals surface area contributed by atoms with Crippen molar-refractivity contribution in [3.05, 3.63) is 11.1 Å². The van der Waals surface area contributed by atoms with Crippen molar-refractivity contribution in [3.8, 4) is 0 Å². The Labute approximate surface area is 104 Å². The van der Waals surface area contributed by atoms with Crippen LogP contribution in [0.3, 0.4) is 0 Å². The van der Waals surface area contributed by atoms with Crippen LogP contribution in [0.2, 0.25) is 0 Å². The van der Waals surface area contributed by atoms with Gasteiger partial charge in [0.1, 0.15) is 0 Å². The Bertz CT molecular complexity index is 361. The summed E-state index contributed by atoms with van der Waals surface area (Å²) in [7, 11) is 0. The quantitative estimate of drug-likeness (QED) is 0.845. The number of nitrogens with one attached hydrogen (secondary N) is 1. The van der Waals surface area contributed by atoms with Crippen LogP contribution in [0, 0.1) is 5.92 Å². The molecule has 1 N–H and O–H groups in total. The van der Waals surface area contributed by atoms with Crippen LogP contribution >= 0.6 is 22.9 Å². The van der Waals surface area contributed by atoms with Crippen LogP contribution in [0.25, 0.3) is 0 Å². The highest BCUT2D eigenvalue weighted by Gasteiger charge is 2.21. The Kier molecular flexibility index (Phi) is 4.18. The number of carbonyl (C=O) groups is 1. The lowest BCUT2D eigenvalue weighted by Crippen LogP contribution is -2.24. The smallest absolute Gasteiger partial charge is 0.229 e. The SMILES string of the molecule is O=C(Nc1nc(CCl)cs1)C1CCCCC1. The Balaban J connectivity index is 1.90. The summed E-state index contributed by atoms with van der Waals surface area (Å²) in [4.78, 5) is 16.1. The minimum Gasteiger partial charge on any atom is -0.302 e. The van der Waals surface area contributed by atoms with E-state index in [4.69, 9.17) is 11.6 Å². The van der Waals surface area contributed by atoms with Gasteiger partial charge in [-0.25, -0.2) is 4.98 Å². The lowest BCUT2D eigenvalue weighted by molar-refractivity contribution is -0.120. The maximum absolute atomic E-state index is 11.9. The zero-order valence-electron chi connectivity index (χ0n) is 9.04. The molecule has 0 aliphatic heterocycles. The highest BCUT2D eigenvalue weighted by molar-refractivity contribution is 7.13. The number of rotatable bonds is 3. The monoisotopic (exact) mass is 258 g/mol. The standard InChI is InChI=1S/C11H15ClN2OS/c12-6-9-7-16-11(13-9)14-10(15)8-4-2-1-3-5-8/h7-8H,1-6H2,(H,13,14,15). The molecule has 0 radical (unpaired) electrons. The molecule has 0 unspecified atom stereocenters. The number of amides is 1. The van der Waals surface area contributed by atoms with Crippen molar-refractivity contribution < 1.29 is 4.79 Å². The van der Waals surface area contributed by atoms with Gasteiger partial charge < -0.3 is 5.32 Å². The first-order chi connectivity index (χ1) is 7.79. The van der Waals surface area contributed by atoms with Crippen LogP contribution in [0.5, 0.6) is 0 Å². The van der Waals surface area contributed by atoms with Crippen molar-refractivity contribution in [2.24, 2.45) is 5.92 Å². The first-order valence-electron chi connectivity index (χ1n) is 5.61. The van der Waals surface area contributed by atoms with Gasteiger partial charge in [0.15, 0.2) is 5.13 Å². The molecule has 1 amide bonds. The summed E-state index contributed by atoms with van der Waals surface area (Å²) >= 11 is 7.10. The third-order valence-corrected chi connectivity index (χ3v) is 3.98. The largest absolute Gasteiger partial charge is 0.302 e. The molecule has 1 aliphatic carbocycles. The molecule has 0 atom stereocenters. The van der Waals surface area contributed by atoms with E-state index in [9.17, 15) is 4.79 Å². The molecule has 16 heavy (non-hydrogen) atoms. The number of hydrogen-bond acceptors (Lipinski definition) is 3. The Morgan fingerprint density at radius 2 is 2.25 bits per heavy atom. The molecule has 1 aromatic rings. The number of thiazole rings is 1. The molecule has 88 valence electrons. The minimum atomic E-state index is 0.121. The summed E-state index contributed by atoms with van der Waals surface area (Å²) in [6, 6.07) is 0. The lowest BCUT2D eigenvalue weighted by Gasteiger charge is -2.19. The van der Waals surface area contributed by atoms with E-state index in [0.29, 0.717) is 11.0 Å². The molecule has 1 heterocycles. The van der Waals surface area contributed by atoms with Gasteiger partial charge in [0.05, 0.1) is 11.6 Å². The van der Waals surface area contributed by atoms with E-state index in [1.165, 1.54) is 30.6 Å². The van der Waals surface area contributed by atoms with Gasteiger partial charge in [-0.05, 0) is 12.8 Å². The molecular weight excluding hydrogens is 244 g/mol. The van der Waals surface area contributed by atoms with E-state index in [-0.39, 0.29) is 11.8 Å². The molecule has 1 fully saturated rings. The van der Waals surface area contributed by atoms with Crippen LogP contribution in [0.4, 0.5) is 5.13 Å². The van der Waals surface area contributed by atoms with Gasteiger partial charge >= 0.3 is 0 Å². The summed E-state index contributed by atoms with van der Waals surface area (Å²) in [5, 5.41) is 5.43. The van der Waals surface area contributed by atoms with Gasteiger partial charge in [-0.15, -0.1) is 22.9 Å². The Morgan fingerprint density at radius 3 is 2.88 bits per heavy atom. The third kappa shape index (κ3) is 2.95. The number of halogens is 1. The fraction of sp³-hybridized carbons (Fsp3) is 0.636. The second-order valence-electron chi connectivity index (χ2n) is 4.10.